The number of hydrogen-bond acceptors (Lipinski definition) is 5. The standard InChI is InChI=1S/C23H26N4O2/c1-16-7-9-19(10-8-16)24-23(28)18-11-13-27(14-12-18)15-21-25-22(26-29-21)20-6-4-3-5-17(20)2/h3-10,18H,11-15H2,1-2H3,(H,24,28). The largest absolute Gasteiger partial charge is 0.338 e. The highest BCUT2D eigenvalue weighted by molar-refractivity contribution is 5.92. The third-order valence-corrected chi connectivity index (χ3v) is 5.49. The number of nitrogens with zero attached hydrogens (tertiary/aromatic N) is 3. The molecule has 1 aliphatic heterocycles. The Balaban J connectivity index is 1.29. The van der Waals surface area contributed by atoms with E-state index in [4.69, 9.17) is 4.52 Å². The lowest BCUT2D eigenvalue weighted by Gasteiger charge is -2.30. The van der Waals surface area contributed by atoms with Crippen LogP contribution < -0.4 is 5.32 Å². The van der Waals surface area contributed by atoms with Crippen LogP contribution in [0.2, 0.25) is 0 Å². The van der Waals surface area contributed by atoms with E-state index in [1.165, 1.54) is 5.56 Å². The molecule has 0 atom stereocenters. The summed E-state index contributed by atoms with van der Waals surface area (Å²) < 4.78 is 5.46. The van der Waals surface area contributed by atoms with Gasteiger partial charge < -0.3 is 9.84 Å². The number of nitrogens with one attached hydrogen (secondary N) is 1. The van der Waals surface area contributed by atoms with Gasteiger partial charge in [0.15, 0.2) is 0 Å². The van der Waals surface area contributed by atoms with Crippen molar-refractivity contribution in [2.24, 2.45) is 5.92 Å². The van der Waals surface area contributed by atoms with Gasteiger partial charge in [-0.05, 0) is 57.5 Å². The summed E-state index contributed by atoms with van der Waals surface area (Å²) in [5.74, 6) is 1.39. The smallest absolute Gasteiger partial charge is 0.241 e. The molecular formula is C23H26N4O2. The summed E-state index contributed by atoms with van der Waals surface area (Å²) in [6.07, 6.45) is 1.66. The second-order valence-electron chi connectivity index (χ2n) is 7.73. The molecule has 4 rings (SSSR count). The molecule has 1 amide bonds. The van der Waals surface area contributed by atoms with E-state index in [9.17, 15) is 4.79 Å². The molecule has 0 saturated carbocycles. The predicted molar refractivity (Wildman–Crippen MR) is 112 cm³/mol. The van der Waals surface area contributed by atoms with Crippen molar-refractivity contribution in [1.82, 2.24) is 15.0 Å². The van der Waals surface area contributed by atoms with E-state index in [1.54, 1.807) is 0 Å². The van der Waals surface area contributed by atoms with Crippen LogP contribution in [-0.4, -0.2) is 34.0 Å². The van der Waals surface area contributed by atoms with Crippen LogP contribution in [0.4, 0.5) is 5.69 Å². The van der Waals surface area contributed by atoms with Crippen LogP contribution in [0.5, 0.6) is 0 Å². The number of carbonyl (C=O) groups is 1. The number of aryl methyl sites for hydroxylation is 2. The van der Waals surface area contributed by atoms with E-state index in [0.29, 0.717) is 18.3 Å². The van der Waals surface area contributed by atoms with Crippen LogP contribution in [0, 0.1) is 19.8 Å². The lowest BCUT2D eigenvalue weighted by molar-refractivity contribution is -0.121. The average Bonchev–Trinajstić information content (AvgIpc) is 3.19. The van der Waals surface area contributed by atoms with Crippen LogP contribution >= 0.6 is 0 Å². The van der Waals surface area contributed by atoms with E-state index in [0.717, 1.165) is 42.7 Å². The lowest BCUT2D eigenvalue weighted by atomic mass is 9.96. The van der Waals surface area contributed by atoms with Gasteiger partial charge in [0.1, 0.15) is 0 Å². The third kappa shape index (κ3) is 4.71. The molecule has 1 saturated heterocycles. The van der Waals surface area contributed by atoms with Crippen LogP contribution in [-0.2, 0) is 11.3 Å². The van der Waals surface area contributed by atoms with Crippen molar-refractivity contribution in [2.75, 3.05) is 18.4 Å². The highest BCUT2D eigenvalue weighted by Gasteiger charge is 2.26. The van der Waals surface area contributed by atoms with Gasteiger partial charge in [-0.1, -0.05) is 47.1 Å². The second kappa shape index (κ2) is 8.57. The number of rotatable bonds is 5. The van der Waals surface area contributed by atoms with Gasteiger partial charge in [0, 0.05) is 17.2 Å². The number of anilines is 1. The molecule has 2 aromatic carbocycles. The molecule has 29 heavy (non-hydrogen) atoms. The van der Waals surface area contributed by atoms with E-state index < -0.39 is 0 Å². The average molecular weight is 390 g/mol. The van der Waals surface area contributed by atoms with E-state index >= 15 is 0 Å². The van der Waals surface area contributed by atoms with Crippen molar-refractivity contribution < 1.29 is 9.32 Å². The SMILES string of the molecule is Cc1ccc(NC(=O)C2CCN(Cc3nc(-c4ccccc4C)no3)CC2)cc1. The number of amides is 1. The van der Waals surface area contributed by atoms with Crippen molar-refractivity contribution in [3.8, 4) is 11.4 Å². The first-order chi connectivity index (χ1) is 14.1. The van der Waals surface area contributed by atoms with Gasteiger partial charge in [0.25, 0.3) is 0 Å². The summed E-state index contributed by atoms with van der Waals surface area (Å²) in [6, 6.07) is 15.9. The van der Waals surface area contributed by atoms with E-state index in [1.807, 2.05) is 62.4 Å². The molecule has 6 nitrogen and oxygen atoms in total. The topological polar surface area (TPSA) is 71.3 Å². The molecule has 0 spiro atoms. The predicted octanol–water partition coefficient (Wildman–Crippen LogP) is 4.20. The fraction of sp³-hybridized carbons (Fsp3) is 0.348. The van der Waals surface area contributed by atoms with Crippen molar-refractivity contribution >= 4 is 11.6 Å². The van der Waals surface area contributed by atoms with Gasteiger partial charge in [-0.25, -0.2) is 0 Å². The maximum atomic E-state index is 12.5. The van der Waals surface area contributed by atoms with Crippen LogP contribution in [0.15, 0.2) is 53.1 Å². The summed E-state index contributed by atoms with van der Waals surface area (Å²) in [5.41, 5.74) is 4.16. The Labute approximate surface area is 170 Å². The van der Waals surface area contributed by atoms with Crippen LogP contribution in [0.25, 0.3) is 11.4 Å². The minimum Gasteiger partial charge on any atom is -0.338 e. The third-order valence-electron chi connectivity index (χ3n) is 5.49. The van der Waals surface area contributed by atoms with Gasteiger partial charge in [0.05, 0.1) is 6.54 Å². The van der Waals surface area contributed by atoms with Crippen molar-refractivity contribution in [1.29, 1.82) is 0 Å². The number of hydrogen-bond donors (Lipinski definition) is 1. The van der Waals surface area contributed by atoms with Gasteiger partial charge >= 0.3 is 0 Å². The minimum atomic E-state index is 0.0396. The van der Waals surface area contributed by atoms with Crippen LogP contribution in [0.1, 0.15) is 29.9 Å². The molecule has 1 fully saturated rings. The Hall–Kier alpha value is -2.99. The normalized spacial score (nSPS) is 15.4. The molecule has 150 valence electrons. The van der Waals surface area contributed by atoms with E-state index in [-0.39, 0.29) is 11.8 Å². The Morgan fingerprint density at radius 1 is 1.10 bits per heavy atom. The molecule has 6 heteroatoms. The molecule has 0 aliphatic carbocycles. The molecule has 3 aromatic rings. The molecule has 2 heterocycles. The van der Waals surface area contributed by atoms with Crippen molar-refractivity contribution in [2.45, 2.75) is 33.2 Å². The lowest BCUT2D eigenvalue weighted by Crippen LogP contribution is -2.37. The first-order valence-electron chi connectivity index (χ1n) is 10.1. The van der Waals surface area contributed by atoms with Gasteiger partial charge in [-0.3, -0.25) is 9.69 Å². The molecule has 1 aromatic heterocycles. The zero-order chi connectivity index (χ0) is 20.2. The van der Waals surface area contributed by atoms with Crippen molar-refractivity contribution in [3.63, 3.8) is 0 Å². The highest BCUT2D eigenvalue weighted by Crippen LogP contribution is 2.23. The maximum absolute atomic E-state index is 12.5. The van der Waals surface area contributed by atoms with Crippen LogP contribution in [0.3, 0.4) is 0 Å². The number of likely N-dealkylation sites (tertiary alicyclic amines) is 1. The first-order valence-corrected chi connectivity index (χ1v) is 10.1. The fourth-order valence-corrected chi connectivity index (χ4v) is 3.68. The van der Waals surface area contributed by atoms with Gasteiger partial charge in [0.2, 0.25) is 17.6 Å². The van der Waals surface area contributed by atoms with E-state index in [2.05, 4.69) is 20.4 Å². The fourth-order valence-electron chi connectivity index (χ4n) is 3.68. The number of carbonyl (C=O) groups excluding carboxylic acids is 1. The van der Waals surface area contributed by atoms with Crippen molar-refractivity contribution in [3.05, 3.63) is 65.5 Å². The van der Waals surface area contributed by atoms with Gasteiger partial charge in [-0.15, -0.1) is 0 Å². The number of benzene rings is 2. The Bertz CT molecular complexity index is 973. The summed E-state index contributed by atoms with van der Waals surface area (Å²) in [4.78, 5) is 19.4. The quantitative estimate of drug-likeness (QED) is 0.707. The molecule has 0 unspecified atom stereocenters. The zero-order valence-electron chi connectivity index (χ0n) is 16.9. The molecule has 1 N–H and O–H groups in total. The summed E-state index contributed by atoms with van der Waals surface area (Å²) >= 11 is 0. The van der Waals surface area contributed by atoms with Gasteiger partial charge in [-0.2, -0.15) is 4.98 Å². The summed E-state index contributed by atoms with van der Waals surface area (Å²) in [6.45, 7) is 6.37. The monoisotopic (exact) mass is 390 g/mol. The maximum Gasteiger partial charge on any atom is 0.241 e. The Morgan fingerprint density at radius 2 is 1.83 bits per heavy atom. The molecule has 0 radical (unpaired) electrons. The molecule has 1 aliphatic rings. The minimum absolute atomic E-state index is 0.0396. The molecular weight excluding hydrogens is 364 g/mol. The first kappa shape index (κ1) is 19.3. The number of piperidine rings is 1. The summed E-state index contributed by atoms with van der Waals surface area (Å²) in [7, 11) is 0. The summed E-state index contributed by atoms with van der Waals surface area (Å²) in [5, 5.41) is 7.16. The second-order valence-corrected chi connectivity index (χ2v) is 7.73. The zero-order valence-corrected chi connectivity index (χ0v) is 16.9. The Morgan fingerprint density at radius 3 is 2.55 bits per heavy atom. The Kier molecular flexibility index (Phi) is 5.71. The number of aromatic nitrogens is 2. The highest BCUT2D eigenvalue weighted by atomic mass is 16.5. The molecule has 0 bridgehead atoms.